The summed E-state index contributed by atoms with van der Waals surface area (Å²) in [4.78, 5) is 3.49. The predicted octanol–water partition coefficient (Wildman–Crippen LogP) is 7.06. The van der Waals surface area contributed by atoms with E-state index in [0.717, 1.165) is 25.8 Å². The molecule has 1 aromatic heterocycles. The van der Waals surface area contributed by atoms with Gasteiger partial charge in [-0.25, -0.2) is 4.31 Å². The number of rotatable bonds is 8. The Bertz CT molecular complexity index is 1000. The Balaban J connectivity index is 1.64. The van der Waals surface area contributed by atoms with Gasteiger partial charge in [0.1, 0.15) is 0 Å². The summed E-state index contributed by atoms with van der Waals surface area (Å²) in [6.45, 7) is 7.99. The molecule has 1 aliphatic heterocycles. The van der Waals surface area contributed by atoms with Crippen molar-refractivity contribution in [2.75, 3.05) is 12.8 Å². The van der Waals surface area contributed by atoms with E-state index in [0.29, 0.717) is 6.04 Å². The minimum absolute atomic E-state index is 0.504. The van der Waals surface area contributed by atoms with Crippen molar-refractivity contribution in [2.24, 2.45) is 0 Å². The molecule has 3 aromatic rings. The summed E-state index contributed by atoms with van der Waals surface area (Å²) in [5.74, 6) is 0. The summed E-state index contributed by atoms with van der Waals surface area (Å²) >= 11 is 1.92. The second-order valence-corrected chi connectivity index (χ2v) is 9.43. The first-order valence-electron chi connectivity index (χ1n) is 11.7. The zero-order valence-corrected chi connectivity index (χ0v) is 19.9. The number of hydrogen-bond acceptors (Lipinski definition) is 2. The molecular weight excluding hydrogens is 384 g/mol. The highest BCUT2D eigenvalue weighted by Gasteiger charge is 2.28. The molecule has 0 radical (unpaired) electrons. The Hall–Kier alpha value is -1.71. The van der Waals surface area contributed by atoms with Gasteiger partial charge in [0, 0.05) is 29.7 Å². The molecule has 0 amide bonds. The monoisotopic (exact) mass is 420 g/mol. The molecule has 160 valence electrons. The number of nitrogens with one attached hydrogen (secondary N) is 1. The molecule has 1 unspecified atom stereocenters. The van der Waals surface area contributed by atoms with Gasteiger partial charge in [0.25, 0.3) is 0 Å². The first kappa shape index (κ1) is 21.5. The fraction of sp³-hybridized carbons (Fsp3) is 0.481. The highest BCUT2D eigenvalue weighted by Crippen LogP contribution is 2.39. The van der Waals surface area contributed by atoms with Crippen LogP contribution in [0.25, 0.3) is 10.9 Å². The summed E-state index contributed by atoms with van der Waals surface area (Å²) in [7, 11) is 0. The highest BCUT2D eigenvalue weighted by molar-refractivity contribution is 7.96. The van der Waals surface area contributed by atoms with Crippen LogP contribution in [0.1, 0.15) is 73.0 Å². The van der Waals surface area contributed by atoms with E-state index >= 15 is 0 Å². The Morgan fingerprint density at radius 3 is 2.60 bits per heavy atom. The molecule has 0 fully saturated rings. The van der Waals surface area contributed by atoms with Gasteiger partial charge in [-0.05, 0) is 90.3 Å². The molecule has 0 saturated carbocycles. The van der Waals surface area contributed by atoms with Crippen molar-refractivity contribution in [1.29, 1.82) is 0 Å². The molecule has 2 heterocycles. The second-order valence-electron chi connectivity index (χ2n) is 8.60. The highest BCUT2D eigenvalue weighted by atomic mass is 32.2. The van der Waals surface area contributed by atoms with E-state index in [1.54, 1.807) is 22.3 Å². The SMILES string of the molecule is CCCc1cc2c(cc1CC)CCN(SC)C2CCc1c[nH]c2ccc(CC)cc12. The lowest BCUT2D eigenvalue weighted by Crippen LogP contribution is -2.31. The van der Waals surface area contributed by atoms with E-state index in [9.17, 15) is 0 Å². The predicted molar refractivity (Wildman–Crippen MR) is 132 cm³/mol. The molecular formula is C27H36N2S. The number of nitrogens with zero attached hydrogens (tertiary/aromatic N) is 1. The zero-order valence-electron chi connectivity index (χ0n) is 19.1. The van der Waals surface area contributed by atoms with Gasteiger partial charge in [0.2, 0.25) is 0 Å². The lowest BCUT2D eigenvalue weighted by Gasteiger charge is -2.36. The van der Waals surface area contributed by atoms with Gasteiger partial charge < -0.3 is 4.98 Å². The Morgan fingerprint density at radius 2 is 1.87 bits per heavy atom. The molecule has 1 atom stereocenters. The molecule has 0 aliphatic carbocycles. The molecule has 30 heavy (non-hydrogen) atoms. The van der Waals surface area contributed by atoms with Crippen LogP contribution in [0, 0.1) is 0 Å². The van der Waals surface area contributed by atoms with Gasteiger partial charge in [0.05, 0.1) is 0 Å². The molecule has 2 aromatic carbocycles. The molecule has 2 nitrogen and oxygen atoms in total. The van der Waals surface area contributed by atoms with Crippen molar-refractivity contribution in [2.45, 2.75) is 71.8 Å². The van der Waals surface area contributed by atoms with Crippen LogP contribution in [0.4, 0.5) is 0 Å². The first-order valence-corrected chi connectivity index (χ1v) is 12.9. The Morgan fingerprint density at radius 1 is 1.00 bits per heavy atom. The summed E-state index contributed by atoms with van der Waals surface area (Å²) in [6.07, 6.45) is 12.6. The van der Waals surface area contributed by atoms with E-state index < -0.39 is 0 Å². The number of fused-ring (bicyclic) bond motifs is 2. The van der Waals surface area contributed by atoms with Crippen molar-refractivity contribution in [3.05, 3.63) is 69.9 Å². The third-order valence-electron chi connectivity index (χ3n) is 6.83. The van der Waals surface area contributed by atoms with Crippen LogP contribution in [0.5, 0.6) is 0 Å². The van der Waals surface area contributed by atoms with Crippen LogP contribution >= 0.6 is 11.9 Å². The minimum atomic E-state index is 0.504. The average molecular weight is 421 g/mol. The van der Waals surface area contributed by atoms with E-state index in [1.165, 1.54) is 47.7 Å². The minimum Gasteiger partial charge on any atom is -0.361 e. The number of H-pyrrole nitrogens is 1. The molecule has 1 N–H and O–H groups in total. The van der Waals surface area contributed by atoms with E-state index in [4.69, 9.17) is 0 Å². The quantitative estimate of drug-likeness (QED) is 0.394. The smallest absolute Gasteiger partial charge is 0.0458 e. The Labute approximate surface area is 186 Å². The van der Waals surface area contributed by atoms with Crippen molar-refractivity contribution < 1.29 is 0 Å². The molecule has 4 rings (SSSR count). The van der Waals surface area contributed by atoms with Gasteiger partial charge in [-0.15, -0.1) is 0 Å². The first-order chi connectivity index (χ1) is 14.7. The van der Waals surface area contributed by atoms with E-state index in [2.05, 4.69) is 72.8 Å². The summed E-state index contributed by atoms with van der Waals surface area (Å²) < 4.78 is 2.62. The maximum absolute atomic E-state index is 3.49. The standard InChI is InChI=1S/C27H36N2S/c1-5-8-21-17-25-22(16-20(21)7-3)13-14-29(30-4)27(25)12-10-23-18-28-26-11-9-19(6-2)15-24(23)26/h9,11,15-18,27-28H,5-8,10,12-14H2,1-4H3. The number of aromatic amines is 1. The normalized spacial score (nSPS) is 16.9. The van der Waals surface area contributed by atoms with Crippen LogP contribution in [0.3, 0.4) is 0 Å². The molecule has 0 spiro atoms. The lowest BCUT2D eigenvalue weighted by molar-refractivity contribution is 0.323. The van der Waals surface area contributed by atoms with Crippen molar-refractivity contribution in [3.8, 4) is 0 Å². The molecule has 3 heteroatoms. The number of hydrogen-bond donors (Lipinski definition) is 1. The molecule has 0 bridgehead atoms. The zero-order chi connectivity index (χ0) is 21.1. The van der Waals surface area contributed by atoms with Gasteiger partial charge in [-0.2, -0.15) is 0 Å². The van der Waals surface area contributed by atoms with Crippen LogP contribution in [-0.2, 0) is 32.1 Å². The molecule has 1 aliphatic rings. The van der Waals surface area contributed by atoms with Gasteiger partial charge in [-0.1, -0.05) is 57.3 Å². The average Bonchev–Trinajstić information content (AvgIpc) is 3.19. The number of benzene rings is 2. The summed E-state index contributed by atoms with van der Waals surface area (Å²) in [5, 5.41) is 1.41. The third kappa shape index (κ3) is 4.20. The van der Waals surface area contributed by atoms with Crippen LogP contribution < -0.4 is 0 Å². The topological polar surface area (TPSA) is 19.0 Å². The summed E-state index contributed by atoms with van der Waals surface area (Å²) in [5.41, 5.74) is 10.5. The Kier molecular flexibility index (Phi) is 6.90. The largest absolute Gasteiger partial charge is 0.361 e. The fourth-order valence-corrected chi connectivity index (χ4v) is 5.87. The lowest BCUT2D eigenvalue weighted by atomic mass is 9.85. The van der Waals surface area contributed by atoms with Crippen molar-refractivity contribution >= 4 is 22.9 Å². The third-order valence-corrected chi connectivity index (χ3v) is 7.74. The summed E-state index contributed by atoms with van der Waals surface area (Å²) in [6, 6.07) is 12.5. The number of aryl methyl sites for hydroxylation is 4. The van der Waals surface area contributed by atoms with Gasteiger partial charge in [-0.3, -0.25) is 0 Å². The van der Waals surface area contributed by atoms with Crippen LogP contribution in [-0.4, -0.2) is 22.1 Å². The van der Waals surface area contributed by atoms with Gasteiger partial charge >= 0.3 is 0 Å². The van der Waals surface area contributed by atoms with Crippen LogP contribution in [0.2, 0.25) is 0 Å². The van der Waals surface area contributed by atoms with Crippen molar-refractivity contribution in [3.63, 3.8) is 0 Å². The maximum Gasteiger partial charge on any atom is 0.0458 e. The van der Waals surface area contributed by atoms with E-state index in [-0.39, 0.29) is 0 Å². The fourth-order valence-electron chi connectivity index (χ4n) is 5.12. The number of aromatic nitrogens is 1. The van der Waals surface area contributed by atoms with Crippen LogP contribution in [0.15, 0.2) is 36.5 Å². The second kappa shape index (κ2) is 9.62. The van der Waals surface area contributed by atoms with Gasteiger partial charge in [0.15, 0.2) is 0 Å². The van der Waals surface area contributed by atoms with Crippen molar-refractivity contribution in [1.82, 2.24) is 9.29 Å². The molecule has 0 saturated heterocycles. The maximum atomic E-state index is 3.49. The van der Waals surface area contributed by atoms with E-state index in [1.807, 2.05) is 11.9 Å².